The van der Waals surface area contributed by atoms with Gasteiger partial charge in [0.25, 0.3) is 5.91 Å². The Balaban J connectivity index is 0.00000338. The Bertz CT molecular complexity index is 576. The maximum atomic E-state index is 12.9. The Labute approximate surface area is 167 Å². The van der Waals surface area contributed by atoms with Gasteiger partial charge in [-0.15, -0.1) is 12.4 Å². The summed E-state index contributed by atoms with van der Waals surface area (Å²) in [4.78, 5) is 14.8. The molecule has 1 fully saturated rings. The highest BCUT2D eigenvalue weighted by atomic mass is 35.5. The van der Waals surface area contributed by atoms with Crippen molar-refractivity contribution in [2.45, 2.75) is 33.1 Å². The van der Waals surface area contributed by atoms with Crippen LogP contribution in [-0.4, -0.2) is 50.7 Å². The van der Waals surface area contributed by atoms with E-state index in [2.05, 4.69) is 5.32 Å². The number of ether oxygens (including phenoxy) is 2. The smallest absolute Gasteiger partial charge is 0.254 e. The van der Waals surface area contributed by atoms with Gasteiger partial charge in [0.2, 0.25) is 0 Å². The van der Waals surface area contributed by atoms with Crippen molar-refractivity contribution in [2.24, 2.45) is 5.92 Å². The summed E-state index contributed by atoms with van der Waals surface area (Å²) in [5.74, 6) is 1.71. The summed E-state index contributed by atoms with van der Waals surface area (Å²) < 4.78 is 11.4. The Morgan fingerprint density at radius 1 is 1.27 bits per heavy atom. The third kappa shape index (κ3) is 5.93. The summed E-state index contributed by atoms with van der Waals surface area (Å²) in [5.41, 5.74) is 0.560. The number of benzene rings is 1. The van der Waals surface area contributed by atoms with Gasteiger partial charge >= 0.3 is 0 Å². The summed E-state index contributed by atoms with van der Waals surface area (Å²) in [7, 11) is 1.97. The topological polar surface area (TPSA) is 50.8 Å². The predicted octanol–water partition coefficient (Wildman–Crippen LogP) is 4.02. The number of hydrogen-bond donors (Lipinski definition) is 1. The van der Waals surface area contributed by atoms with Gasteiger partial charge in [-0.3, -0.25) is 4.79 Å². The van der Waals surface area contributed by atoms with Crippen molar-refractivity contribution >= 4 is 29.9 Å². The monoisotopic (exact) mass is 404 g/mol. The van der Waals surface area contributed by atoms with E-state index in [9.17, 15) is 4.79 Å². The molecule has 0 spiro atoms. The molecule has 0 atom stereocenters. The molecule has 7 heteroatoms. The summed E-state index contributed by atoms with van der Waals surface area (Å²) in [6.07, 6.45) is 2.93. The maximum absolute atomic E-state index is 12.9. The van der Waals surface area contributed by atoms with Crippen LogP contribution in [0.4, 0.5) is 0 Å². The van der Waals surface area contributed by atoms with Crippen LogP contribution in [0, 0.1) is 5.92 Å². The zero-order chi connectivity index (χ0) is 18.2. The number of rotatable bonds is 8. The Morgan fingerprint density at radius 2 is 1.96 bits per heavy atom. The third-order valence-corrected chi connectivity index (χ3v) is 4.68. The van der Waals surface area contributed by atoms with Crippen molar-refractivity contribution in [2.75, 3.05) is 39.9 Å². The van der Waals surface area contributed by atoms with Crippen molar-refractivity contribution in [1.82, 2.24) is 10.2 Å². The lowest BCUT2D eigenvalue weighted by Crippen LogP contribution is -2.40. The lowest BCUT2D eigenvalue weighted by Gasteiger charge is -2.32. The highest BCUT2D eigenvalue weighted by Gasteiger charge is 2.25. The Morgan fingerprint density at radius 3 is 2.54 bits per heavy atom. The second kappa shape index (κ2) is 11.5. The fraction of sp³-hybridized carbons (Fsp3) is 0.632. The van der Waals surface area contributed by atoms with Crippen molar-refractivity contribution < 1.29 is 14.3 Å². The number of amides is 1. The van der Waals surface area contributed by atoms with Crippen LogP contribution < -0.4 is 14.8 Å². The lowest BCUT2D eigenvalue weighted by molar-refractivity contribution is 0.0690. The molecule has 148 valence electrons. The summed E-state index contributed by atoms with van der Waals surface area (Å²) in [5, 5.41) is 3.64. The van der Waals surface area contributed by atoms with Crippen LogP contribution in [0.1, 0.15) is 43.5 Å². The molecule has 1 saturated heterocycles. The van der Waals surface area contributed by atoms with E-state index in [1.807, 2.05) is 25.8 Å². The average molecular weight is 405 g/mol. The first-order chi connectivity index (χ1) is 12.1. The molecule has 1 N–H and O–H groups in total. The SMILES string of the molecule is CCCOc1c(Cl)cc(C(=O)N2CCC(CNC)CC2)cc1OCC.Cl. The number of halogens is 2. The molecule has 0 aromatic heterocycles. The number of nitrogens with one attached hydrogen (secondary N) is 1. The van der Waals surface area contributed by atoms with E-state index in [0.29, 0.717) is 41.2 Å². The minimum atomic E-state index is 0. The molecule has 0 saturated carbocycles. The first kappa shape index (κ1) is 22.9. The van der Waals surface area contributed by atoms with Gasteiger partial charge in [-0.25, -0.2) is 0 Å². The van der Waals surface area contributed by atoms with Crippen LogP contribution >= 0.6 is 24.0 Å². The highest BCUT2D eigenvalue weighted by Crippen LogP contribution is 2.37. The molecule has 1 amide bonds. The van der Waals surface area contributed by atoms with Crippen LogP contribution in [-0.2, 0) is 0 Å². The summed E-state index contributed by atoms with van der Waals surface area (Å²) in [6, 6.07) is 3.44. The van der Waals surface area contributed by atoms with E-state index >= 15 is 0 Å². The number of nitrogens with zero attached hydrogens (tertiary/aromatic N) is 1. The minimum absolute atomic E-state index is 0. The second-order valence-electron chi connectivity index (χ2n) is 6.36. The molecule has 1 heterocycles. The normalized spacial score (nSPS) is 14.7. The van der Waals surface area contributed by atoms with Gasteiger partial charge < -0.3 is 19.7 Å². The third-order valence-electron chi connectivity index (χ3n) is 4.40. The highest BCUT2D eigenvalue weighted by molar-refractivity contribution is 6.32. The number of likely N-dealkylation sites (tertiary alicyclic amines) is 1. The minimum Gasteiger partial charge on any atom is -0.490 e. The van der Waals surface area contributed by atoms with Gasteiger partial charge in [0.15, 0.2) is 11.5 Å². The van der Waals surface area contributed by atoms with Crippen LogP contribution in [0.3, 0.4) is 0 Å². The van der Waals surface area contributed by atoms with Crippen molar-refractivity contribution in [3.63, 3.8) is 0 Å². The van der Waals surface area contributed by atoms with Gasteiger partial charge in [-0.05, 0) is 57.8 Å². The lowest BCUT2D eigenvalue weighted by atomic mass is 9.96. The van der Waals surface area contributed by atoms with Gasteiger partial charge in [-0.1, -0.05) is 18.5 Å². The van der Waals surface area contributed by atoms with Gasteiger partial charge in [-0.2, -0.15) is 0 Å². The molecule has 0 bridgehead atoms. The molecular weight excluding hydrogens is 375 g/mol. The predicted molar refractivity (Wildman–Crippen MR) is 108 cm³/mol. The fourth-order valence-corrected chi connectivity index (χ4v) is 3.38. The largest absolute Gasteiger partial charge is 0.490 e. The van der Waals surface area contributed by atoms with E-state index in [1.165, 1.54) is 0 Å². The zero-order valence-corrected chi connectivity index (χ0v) is 17.4. The van der Waals surface area contributed by atoms with E-state index in [4.69, 9.17) is 21.1 Å². The van der Waals surface area contributed by atoms with Gasteiger partial charge in [0.1, 0.15) is 0 Å². The van der Waals surface area contributed by atoms with Gasteiger partial charge in [0.05, 0.1) is 18.2 Å². The molecule has 5 nitrogen and oxygen atoms in total. The molecule has 1 aliphatic heterocycles. The quantitative estimate of drug-likeness (QED) is 0.710. The zero-order valence-electron chi connectivity index (χ0n) is 15.8. The van der Waals surface area contributed by atoms with Crippen molar-refractivity contribution in [3.8, 4) is 11.5 Å². The fourth-order valence-electron chi connectivity index (χ4n) is 3.11. The molecule has 0 unspecified atom stereocenters. The molecule has 0 aliphatic carbocycles. The standard InChI is InChI=1S/C19H29ClN2O3.ClH/c1-4-10-25-18-16(20)11-15(12-17(18)24-5-2)19(23)22-8-6-14(7-9-22)13-21-3;/h11-12,14,21H,4-10,13H2,1-3H3;1H. The molecule has 2 rings (SSSR count). The number of piperidine rings is 1. The molecule has 1 aromatic carbocycles. The molecule has 1 aliphatic rings. The number of carbonyl (C=O) groups excluding carboxylic acids is 1. The maximum Gasteiger partial charge on any atom is 0.254 e. The molecule has 26 heavy (non-hydrogen) atoms. The van der Waals surface area contributed by atoms with Crippen molar-refractivity contribution in [1.29, 1.82) is 0 Å². The van der Waals surface area contributed by atoms with E-state index < -0.39 is 0 Å². The molecule has 1 aromatic rings. The van der Waals surface area contributed by atoms with Crippen LogP contribution in [0.5, 0.6) is 11.5 Å². The van der Waals surface area contributed by atoms with E-state index in [1.54, 1.807) is 12.1 Å². The Kier molecular flexibility index (Phi) is 10.1. The Hall–Kier alpha value is -1.17. The van der Waals surface area contributed by atoms with E-state index in [-0.39, 0.29) is 18.3 Å². The average Bonchev–Trinajstić information content (AvgIpc) is 2.61. The van der Waals surface area contributed by atoms with Crippen molar-refractivity contribution in [3.05, 3.63) is 22.7 Å². The molecule has 0 radical (unpaired) electrons. The van der Waals surface area contributed by atoms with E-state index in [0.717, 1.165) is 38.9 Å². The first-order valence-electron chi connectivity index (χ1n) is 9.13. The molecular formula is C19H30Cl2N2O3. The summed E-state index contributed by atoms with van der Waals surface area (Å²) in [6.45, 7) is 7.55. The van der Waals surface area contributed by atoms with Gasteiger partial charge in [0, 0.05) is 18.7 Å². The number of carbonyl (C=O) groups is 1. The van der Waals surface area contributed by atoms with Crippen LogP contribution in [0.2, 0.25) is 5.02 Å². The van der Waals surface area contributed by atoms with Crippen LogP contribution in [0.25, 0.3) is 0 Å². The number of hydrogen-bond acceptors (Lipinski definition) is 4. The van der Waals surface area contributed by atoms with Crippen LogP contribution in [0.15, 0.2) is 12.1 Å². The first-order valence-corrected chi connectivity index (χ1v) is 9.51. The second-order valence-corrected chi connectivity index (χ2v) is 6.77. The summed E-state index contributed by atoms with van der Waals surface area (Å²) >= 11 is 6.37.